The molecule has 1 aliphatic heterocycles. The van der Waals surface area contributed by atoms with E-state index in [0.29, 0.717) is 54.3 Å². The number of rotatable bonds is 9. The standard InChI is InChI=1S/C25H30FN3O4/c1-2-32-25(30)20-14-21(33-15-16-10-12-31-13-11-16)22(23(27)17-4-3-5-17)24(29-20)28-19-8-6-18(26)7-9-19/h6-9,14,16-17,27H,2-5,10-13,15H2,1H3,(H,28,29). The van der Waals surface area contributed by atoms with Crippen LogP contribution >= 0.6 is 0 Å². The van der Waals surface area contributed by atoms with Gasteiger partial charge < -0.3 is 24.9 Å². The number of hydrogen-bond donors (Lipinski definition) is 2. The zero-order valence-corrected chi connectivity index (χ0v) is 18.9. The van der Waals surface area contributed by atoms with Crippen molar-refractivity contribution >= 4 is 23.2 Å². The number of halogens is 1. The zero-order valence-electron chi connectivity index (χ0n) is 18.9. The molecule has 2 fully saturated rings. The molecule has 0 spiro atoms. The predicted octanol–water partition coefficient (Wildman–Crippen LogP) is 5.11. The second-order valence-electron chi connectivity index (χ2n) is 8.49. The first-order chi connectivity index (χ1) is 16.0. The van der Waals surface area contributed by atoms with Crippen molar-refractivity contribution in [3.63, 3.8) is 0 Å². The van der Waals surface area contributed by atoms with E-state index < -0.39 is 5.97 Å². The molecule has 2 aliphatic rings. The Kier molecular flexibility index (Phi) is 7.54. The van der Waals surface area contributed by atoms with E-state index in [1.165, 1.54) is 12.1 Å². The zero-order chi connectivity index (χ0) is 23.2. The summed E-state index contributed by atoms with van der Waals surface area (Å²) < 4.78 is 30.3. The van der Waals surface area contributed by atoms with Gasteiger partial charge in [-0.15, -0.1) is 0 Å². The number of carbonyl (C=O) groups is 1. The van der Waals surface area contributed by atoms with Gasteiger partial charge in [-0.2, -0.15) is 0 Å². The number of esters is 1. The fraction of sp³-hybridized carbons (Fsp3) is 0.480. The molecule has 0 atom stereocenters. The fourth-order valence-electron chi connectivity index (χ4n) is 3.99. The van der Waals surface area contributed by atoms with E-state index in [1.54, 1.807) is 25.1 Å². The summed E-state index contributed by atoms with van der Waals surface area (Å²) in [5, 5.41) is 12.1. The largest absolute Gasteiger partial charge is 0.492 e. The number of pyridine rings is 1. The maximum atomic E-state index is 13.4. The highest BCUT2D eigenvalue weighted by atomic mass is 19.1. The van der Waals surface area contributed by atoms with E-state index in [2.05, 4.69) is 10.3 Å². The molecule has 1 saturated carbocycles. The van der Waals surface area contributed by atoms with Crippen molar-refractivity contribution in [2.45, 2.75) is 39.0 Å². The van der Waals surface area contributed by atoms with Gasteiger partial charge in [0, 0.05) is 36.6 Å². The molecule has 0 bridgehead atoms. The van der Waals surface area contributed by atoms with Crippen molar-refractivity contribution in [1.82, 2.24) is 4.98 Å². The maximum absolute atomic E-state index is 13.4. The van der Waals surface area contributed by atoms with Crippen LogP contribution in [0.25, 0.3) is 0 Å². The molecule has 2 aromatic rings. The Hall–Kier alpha value is -3.00. The first kappa shape index (κ1) is 23.2. The van der Waals surface area contributed by atoms with Gasteiger partial charge in [-0.1, -0.05) is 6.42 Å². The lowest BCUT2D eigenvalue weighted by Crippen LogP contribution is -2.26. The molecule has 7 nitrogen and oxygen atoms in total. The molecule has 33 heavy (non-hydrogen) atoms. The summed E-state index contributed by atoms with van der Waals surface area (Å²) in [6, 6.07) is 7.45. The molecule has 176 valence electrons. The van der Waals surface area contributed by atoms with Crippen molar-refractivity contribution in [2.75, 3.05) is 31.7 Å². The van der Waals surface area contributed by atoms with Crippen molar-refractivity contribution < 1.29 is 23.4 Å². The summed E-state index contributed by atoms with van der Waals surface area (Å²) in [5.74, 6) is 0.345. The van der Waals surface area contributed by atoms with E-state index in [1.807, 2.05) is 0 Å². The Bertz CT molecular complexity index is 986. The molecule has 1 saturated heterocycles. The number of hydrogen-bond acceptors (Lipinski definition) is 7. The van der Waals surface area contributed by atoms with Crippen molar-refractivity contribution in [1.29, 1.82) is 5.41 Å². The molecule has 4 rings (SSSR count). The number of aromatic nitrogens is 1. The van der Waals surface area contributed by atoms with E-state index in [0.717, 1.165) is 32.1 Å². The SMILES string of the molecule is CCOC(=O)c1cc(OCC2CCOCC2)c(C(=N)C2CCC2)c(Nc2ccc(F)cc2)n1. The van der Waals surface area contributed by atoms with Crippen molar-refractivity contribution in [2.24, 2.45) is 11.8 Å². The third-order valence-electron chi connectivity index (χ3n) is 6.17. The summed E-state index contributed by atoms with van der Waals surface area (Å²) in [5.41, 5.74) is 1.69. The van der Waals surface area contributed by atoms with Crippen LogP contribution in [0.1, 0.15) is 55.1 Å². The average Bonchev–Trinajstić information content (AvgIpc) is 2.78. The van der Waals surface area contributed by atoms with Crippen LogP contribution in [0.4, 0.5) is 15.9 Å². The van der Waals surface area contributed by atoms with Gasteiger partial charge in [0.25, 0.3) is 0 Å². The van der Waals surface area contributed by atoms with Crippen LogP contribution in [0.5, 0.6) is 5.75 Å². The number of ether oxygens (including phenoxy) is 3. The van der Waals surface area contributed by atoms with Gasteiger partial charge >= 0.3 is 5.97 Å². The summed E-state index contributed by atoms with van der Waals surface area (Å²) in [7, 11) is 0. The van der Waals surface area contributed by atoms with Crippen LogP contribution in [0.2, 0.25) is 0 Å². The van der Waals surface area contributed by atoms with E-state index in [9.17, 15) is 9.18 Å². The Labute approximate surface area is 193 Å². The molecular weight excluding hydrogens is 425 g/mol. The van der Waals surface area contributed by atoms with Crippen LogP contribution < -0.4 is 10.1 Å². The minimum atomic E-state index is -0.558. The fourth-order valence-corrected chi connectivity index (χ4v) is 3.99. The quantitative estimate of drug-likeness (QED) is 0.403. The predicted molar refractivity (Wildman–Crippen MR) is 123 cm³/mol. The lowest BCUT2D eigenvalue weighted by molar-refractivity contribution is 0.0493. The van der Waals surface area contributed by atoms with Gasteiger partial charge in [0.15, 0.2) is 5.69 Å². The monoisotopic (exact) mass is 455 g/mol. The molecular formula is C25H30FN3O4. The van der Waals surface area contributed by atoms with Crippen LogP contribution in [-0.4, -0.2) is 43.1 Å². The smallest absolute Gasteiger partial charge is 0.357 e. The van der Waals surface area contributed by atoms with Gasteiger partial charge in [0.1, 0.15) is 17.4 Å². The van der Waals surface area contributed by atoms with Gasteiger partial charge in [-0.3, -0.25) is 0 Å². The first-order valence-electron chi connectivity index (χ1n) is 11.6. The lowest BCUT2D eigenvalue weighted by Gasteiger charge is -2.29. The van der Waals surface area contributed by atoms with Gasteiger partial charge in [-0.25, -0.2) is 14.2 Å². The molecule has 0 radical (unpaired) electrons. The topological polar surface area (TPSA) is 93.5 Å². The molecule has 2 N–H and O–H groups in total. The lowest BCUT2D eigenvalue weighted by atomic mass is 9.79. The molecule has 1 aromatic heterocycles. The van der Waals surface area contributed by atoms with Crippen LogP contribution in [0, 0.1) is 23.1 Å². The van der Waals surface area contributed by atoms with Crippen molar-refractivity contribution in [3.8, 4) is 5.75 Å². The summed E-state index contributed by atoms with van der Waals surface area (Å²) >= 11 is 0. The Morgan fingerprint density at radius 3 is 2.58 bits per heavy atom. The summed E-state index contributed by atoms with van der Waals surface area (Å²) in [6.07, 6.45) is 4.78. The van der Waals surface area contributed by atoms with Crippen molar-refractivity contribution in [3.05, 3.63) is 47.4 Å². The molecule has 1 aromatic carbocycles. The van der Waals surface area contributed by atoms with Crippen LogP contribution in [0.15, 0.2) is 30.3 Å². The Morgan fingerprint density at radius 2 is 1.94 bits per heavy atom. The highest BCUT2D eigenvalue weighted by molar-refractivity contribution is 6.07. The van der Waals surface area contributed by atoms with Gasteiger partial charge in [0.05, 0.1) is 18.8 Å². The van der Waals surface area contributed by atoms with E-state index in [4.69, 9.17) is 19.6 Å². The summed E-state index contributed by atoms with van der Waals surface area (Å²) in [6.45, 7) is 3.84. The molecule has 8 heteroatoms. The molecule has 1 aliphatic carbocycles. The molecule has 0 unspecified atom stereocenters. The third kappa shape index (κ3) is 5.68. The number of benzene rings is 1. The summed E-state index contributed by atoms with van der Waals surface area (Å²) in [4.78, 5) is 17.1. The average molecular weight is 456 g/mol. The third-order valence-corrected chi connectivity index (χ3v) is 6.17. The van der Waals surface area contributed by atoms with E-state index >= 15 is 0 Å². The molecule has 2 heterocycles. The Morgan fingerprint density at radius 1 is 1.21 bits per heavy atom. The number of nitrogens with zero attached hydrogens (tertiary/aromatic N) is 1. The second-order valence-corrected chi connectivity index (χ2v) is 8.49. The van der Waals surface area contributed by atoms with E-state index in [-0.39, 0.29) is 24.0 Å². The minimum Gasteiger partial charge on any atom is -0.492 e. The van der Waals surface area contributed by atoms with Crippen LogP contribution in [-0.2, 0) is 9.47 Å². The first-order valence-corrected chi connectivity index (χ1v) is 11.6. The maximum Gasteiger partial charge on any atom is 0.357 e. The molecule has 0 amide bonds. The number of carbonyl (C=O) groups excluding carboxylic acids is 1. The number of nitrogens with one attached hydrogen (secondary N) is 2. The van der Waals surface area contributed by atoms with Gasteiger partial charge in [-0.05, 0) is 62.8 Å². The van der Waals surface area contributed by atoms with Crippen LogP contribution in [0.3, 0.4) is 0 Å². The van der Waals surface area contributed by atoms with Gasteiger partial charge in [0.2, 0.25) is 0 Å². The Balaban J connectivity index is 1.72. The minimum absolute atomic E-state index is 0.105. The highest BCUT2D eigenvalue weighted by Crippen LogP contribution is 2.37. The normalized spacial score (nSPS) is 16.7. The number of anilines is 2. The highest BCUT2D eigenvalue weighted by Gasteiger charge is 2.30. The second kappa shape index (κ2) is 10.7.